The summed E-state index contributed by atoms with van der Waals surface area (Å²) in [6, 6.07) is 0. The monoisotopic (exact) mass is 215 g/mol. The first-order valence-electron chi connectivity index (χ1n) is 6.06. The van der Waals surface area contributed by atoms with Crippen molar-refractivity contribution in [3.05, 3.63) is 0 Å². The van der Waals surface area contributed by atoms with Crippen LogP contribution in [0.15, 0.2) is 0 Å². The molecule has 15 heavy (non-hydrogen) atoms. The molecule has 1 atom stereocenters. The maximum absolute atomic E-state index is 8.79. The van der Waals surface area contributed by atoms with Crippen molar-refractivity contribution in [1.29, 1.82) is 0 Å². The van der Waals surface area contributed by atoms with Gasteiger partial charge < -0.3 is 15.2 Å². The largest absolute Gasteiger partial charge is 0.396 e. The van der Waals surface area contributed by atoms with Gasteiger partial charge in [0.25, 0.3) is 0 Å². The third kappa shape index (κ3) is 4.96. The summed E-state index contributed by atoms with van der Waals surface area (Å²) in [5.41, 5.74) is 0.414. The van der Waals surface area contributed by atoms with Crippen molar-refractivity contribution in [2.75, 3.05) is 32.9 Å². The second-order valence-corrected chi connectivity index (χ2v) is 5.17. The highest BCUT2D eigenvalue weighted by Gasteiger charge is 2.26. The Labute approximate surface area is 93.2 Å². The Balaban J connectivity index is 2.12. The zero-order chi connectivity index (χ0) is 11.1. The molecule has 3 heteroatoms. The molecule has 0 aromatic carbocycles. The summed E-state index contributed by atoms with van der Waals surface area (Å²) in [4.78, 5) is 0. The number of aliphatic hydroxyl groups is 1. The van der Waals surface area contributed by atoms with Gasteiger partial charge in [-0.05, 0) is 37.1 Å². The van der Waals surface area contributed by atoms with Crippen LogP contribution in [0.2, 0.25) is 0 Å². The summed E-state index contributed by atoms with van der Waals surface area (Å²) >= 11 is 0. The Hall–Kier alpha value is -0.120. The smallest absolute Gasteiger partial charge is 0.0471 e. The molecule has 1 unspecified atom stereocenters. The van der Waals surface area contributed by atoms with E-state index in [1.807, 2.05) is 0 Å². The topological polar surface area (TPSA) is 41.5 Å². The molecule has 0 radical (unpaired) electrons. The van der Waals surface area contributed by atoms with E-state index in [9.17, 15) is 0 Å². The average molecular weight is 215 g/mol. The van der Waals surface area contributed by atoms with Gasteiger partial charge in [0.1, 0.15) is 0 Å². The van der Waals surface area contributed by atoms with Crippen LogP contribution in [-0.2, 0) is 4.74 Å². The molecule has 0 aliphatic carbocycles. The second-order valence-electron chi connectivity index (χ2n) is 5.17. The quantitative estimate of drug-likeness (QED) is 0.704. The fraction of sp³-hybridized carbons (Fsp3) is 1.00. The summed E-state index contributed by atoms with van der Waals surface area (Å²) in [5, 5.41) is 12.3. The van der Waals surface area contributed by atoms with Crippen molar-refractivity contribution in [2.45, 2.75) is 33.1 Å². The third-order valence-electron chi connectivity index (χ3n) is 3.37. The summed E-state index contributed by atoms with van der Waals surface area (Å²) in [6.45, 7) is 8.71. The van der Waals surface area contributed by atoms with E-state index in [1.54, 1.807) is 0 Å². The molecule has 0 spiro atoms. The SMILES string of the molecule is CC(CCO)CNCC1(C)CCOCC1. The molecule has 2 N–H and O–H groups in total. The van der Waals surface area contributed by atoms with E-state index in [4.69, 9.17) is 9.84 Å². The van der Waals surface area contributed by atoms with E-state index in [0.717, 1.165) is 45.6 Å². The molecule has 0 amide bonds. The van der Waals surface area contributed by atoms with Crippen molar-refractivity contribution < 1.29 is 9.84 Å². The Kier molecular flexibility index (Phi) is 5.58. The van der Waals surface area contributed by atoms with Gasteiger partial charge in [-0.25, -0.2) is 0 Å². The van der Waals surface area contributed by atoms with Gasteiger partial charge in [-0.1, -0.05) is 13.8 Å². The van der Waals surface area contributed by atoms with Gasteiger partial charge in [0, 0.05) is 26.4 Å². The van der Waals surface area contributed by atoms with E-state index in [-0.39, 0.29) is 0 Å². The summed E-state index contributed by atoms with van der Waals surface area (Å²) in [6.07, 6.45) is 3.22. The van der Waals surface area contributed by atoms with Gasteiger partial charge in [-0.2, -0.15) is 0 Å². The number of rotatable bonds is 6. The number of hydrogen-bond donors (Lipinski definition) is 2. The standard InChI is InChI=1S/C12H25NO2/c1-11(3-6-14)9-13-10-12(2)4-7-15-8-5-12/h11,13-14H,3-10H2,1-2H3. The van der Waals surface area contributed by atoms with Crippen LogP contribution in [0.5, 0.6) is 0 Å². The Morgan fingerprint density at radius 1 is 1.40 bits per heavy atom. The van der Waals surface area contributed by atoms with Crippen LogP contribution in [0.1, 0.15) is 33.1 Å². The van der Waals surface area contributed by atoms with Crippen LogP contribution in [0.4, 0.5) is 0 Å². The first-order chi connectivity index (χ1) is 7.16. The molecule has 1 fully saturated rings. The molecule has 0 bridgehead atoms. The van der Waals surface area contributed by atoms with Crippen molar-refractivity contribution >= 4 is 0 Å². The zero-order valence-corrected chi connectivity index (χ0v) is 10.1. The molecule has 1 rings (SSSR count). The highest BCUT2D eigenvalue weighted by atomic mass is 16.5. The number of aliphatic hydroxyl groups excluding tert-OH is 1. The first kappa shape index (κ1) is 12.9. The van der Waals surface area contributed by atoms with E-state index in [2.05, 4.69) is 19.2 Å². The fourth-order valence-electron chi connectivity index (χ4n) is 1.98. The summed E-state index contributed by atoms with van der Waals surface area (Å²) in [5.74, 6) is 0.568. The van der Waals surface area contributed by atoms with Crippen LogP contribution in [0.25, 0.3) is 0 Å². The minimum atomic E-state index is 0.300. The normalized spacial score (nSPS) is 22.6. The summed E-state index contributed by atoms with van der Waals surface area (Å²) in [7, 11) is 0. The minimum absolute atomic E-state index is 0.300. The van der Waals surface area contributed by atoms with Gasteiger partial charge in [-0.15, -0.1) is 0 Å². The van der Waals surface area contributed by atoms with E-state index in [1.165, 1.54) is 0 Å². The van der Waals surface area contributed by atoms with Gasteiger partial charge >= 0.3 is 0 Å². The lowest BCUT2D eigenvalue weighted by molar-refractivity contribution is 0.0238. The fourth-order valence-corrected chi connectivity index (χ4v) is 1.98. The van der Waals surface area contributed by atoms with Gasteiger partial charge in [0.15, 0.2) is 0 Å². The molecule has 0 aromatic heterocycles. The first-order valence-corrected chi connectivity index (χ1v) is 6.06. The van der Waals surface area contributed by atoms with Crippen LogP contribution >= 0.6 is 0 Å². The average Bonchev–Trinajstić information content (AvgIpc) is 2.19. The maximum Gasteiger partial charge on any atom is 0.0471 e. The van der Waals surface area contributed by atoms with Crippen LogP contribution < -0.4 is 5.32 Å². The lowest BCUT2D eigenvalue weighted by Crippen LogP contribution is -2.38. The summed E-state index contributed by atoms with van der Waals surface area (Å²) < 4.78 is 5.37. The molecule has 0 aromatic rings. The lowest BCUT2D eigenvalue weighted by atomic mass is 9.82. The van der Waals surface area contributed by atoms with E-state index >= 15 is 0 Å². The molecule has 1 aliphatic rings. The molecule has 1 heterocycles. The number of hydrogen-bond acceptors (Lipinski definition) is 3. The van der Waals surface area contributed by atoms with Gasteiger partial charge in [-0.3, -0.25) is 0 Å². The van der Waals surface area contributed by atoms with Crippen molar-refractivity contribution in [3.63, 3.8) is 0 Å². The van der Waals surface area contributed by atoms with Crippen LogP contribution in [0.3, 0.4) is 0 Å². The maximum atomic E-state index is 8.79. The van der Waals surface area contributed by atoms with Crippen molar-refractivity contribution in [2.24, 2.45) is 11.3 Å². The zero-order valence-electron chi connectivity index (χ0n) is 10.1. The number of ether oxygens (including phenoxy) is 1. The van der Waals surface area contributed by atoms with Crippen molar-refractivity contribution in [3.8, 4) is 0 Å². The molecule has 90 valence electrons. The van der Waals surface area contributed by atoms with Crippen LogP contribution in [0, 0.1) is 11.3 Å². The molecule has 1 saturated heterocycles. The number of nitrogens with one attached hydrogen (secondary N) is 1. The Morgan fingerprint density at radius 3 is 2.67 bits per heavy atom. The second kappa shape index (κ2) is 6.46. The molecule has 3 nitrogen and oxygen atoms in total. The highest BCUT2D eigenvalue weighted by molar-refractivity contribution is 4.79. The lowest BCUT2D eigenvalue weighted by Gasteiger charge is -2.34. The van der Waals surface area contributed by atoms with Crippen molar-refractivity contribution in [1.82, 2.24) is 5.32 Å². The van der Waals surface area contributed by atoms with Crippen LogP contribution in [-0.4, -0.2) is 38.0 Å². The molecular weight excluding hydrogens is 190 g/mol. The molecular formula is C12H25NO2. The third-order valence-corrected chi connectivity index (χ3v) is 3.37. The van der Waals surface area contributed by atoms with Gasteiger partial charge in [0.2, 0.25) is 0 Å². The van der Waals surface area contributed by atoms with E-state index < -0.39 is 0 Å². The van der Waals surface area contributed by atoms with Gasteiger partial charge in [0.05, 0.1) is 0 Å². The molecule has 1 aliphatic heterocycles. The molecule has 0 saturated carbocycles. The Morgan fingerprint density at radius 2 is 2.07 bits per heavy atom. The minimum Gasteiger partial charge on any atom is -0.396 e. The van der Waals surface area contributed by atoms with E-state index in [0.29, 0.717) is 17.9 Å². The predicted octanol–water partition coefficient (Wildman–Crippen LogP) is 1.41. The highest BCUT2D eigenvalue weighted by Crippen LogP contribution is 2.28. The Bertz CT molecular complexity index is 167. The predicted molar refractivity (Wildman–Crippen MR) is 61.9 cm³/mol.